The van der Waals surface area contributed by atoms with Crippen LogP contribution in [0.2, 0.25) is 0 Å². The average Bonchev–Trinajstić information content (AvgIpc) is 2.86. The van der Waals surface area contributed by atoms with E-state index >= 15 is 0 Å². The number of aromatic amines is 1. The van der Waals surface area contributed by atoms with Gasteiger partial charge in [0.25, 0.3) is 0 Å². The molecule has 96 valence electrons. The molecule has 5 nitrogen and oxygen atoms in total. The first-order valence-corrected chi connectivity index (χ1v) is 5.66. The molecule has 18 heavy (non-hydrogen) atoms. The highest BCUT2D eigenvalue weighted by Gasteiger charge is 2.14. The van der Waals surface area contributed by atoms with Gasteiger partial charge in [-0.25, -0.2) is 4.98 Å². The fourth-order valence-corrected chi connectivity index (χ4v) is 1.94. The molecule has 0 radical (unpaired) electrons. The van der Waals surface area contributed by atoms with E-state index in [0.717, 1.165) is 22.5 Å². The van der Waals surface area contributed by atoms with E-state index in [0.29, 0.717) is 18.0 Å². The van der Waals surface area contributed by atoms with Gasteiger partial charge < -0.3 is 20.2 Å². The van der Waals surface area contributed by atoms with E-state index in [-0.39, 0.29) is 0 Å². The van der Waals surface area contributed by atoms with Crippen molar-refractivity contribution < 1.29 is 9.47 Å². The Morgan fingerprint density at radius 2 is 1.89 bits per heavy atom. The Hall–Kier alpha value is -2.01. The lowest BCUT2D eigenvalue weighted by Gasteiger charge is -2.12. The molecule has 3 N–H and O–H groups in total. The summed E-state index contributed by atoms with van der Waals surface area (Å²) < 4.78 is 10.6. The van der Waals surface area contributed by atoms with Crippen LogP contribution in [0.5, 0.6) is 11.5 Å². The molecule has 0 aliphatic carbocycles. The monoisotopic (exact) mass is 247 g/mol. The summed E-state index contributed by atoms with van der Waals surface area (Å²) in [5.74, 6) is 1.40. The van der Waals surface area contributed by atoms with Crippen molar-refractivity contribution in [3.05, 3.63) is 29.7 Å². The van der Waals surface area contributed by atoms with E-state index < -0.39 is 0 Å². The third-order valence-corrected chi connectivity index (χ3v) is 2.91. The van der Waals surface area contributed by atoms with Gasteiger partial charge in [0.05, 0.1) is 31.9 Å². The molecule has 1 heterocycles. The molecule has 0 aliphatic heterocycles. The van der Waals surface area contributed by atoms with Gasteiger partial charge in [0, 0.05) is 12.1 Å². The van der Waals surface area contributed by atoms with Crippen LogP contribution in [0.4, 0.5) is 0 Å². The maximum absolute atomic E-state index is 5.68. The number of nitrogens with one attached hydrogen (secondary N) is 1. The quantitative estimate of drug-likeness (QED) is 0.865. The molecule has 0 amide bonds. The molecule has 0 atom stereocenters. The SMILES string of the molecule is COc1cc(C)c(-c2nc[nH]c2CN)cc1OC. The first-order chi connectivity index (χ1) is 8.71. The van der Waals surface area contributed by atoms with Crippen molar-refractivity contribution in [3.63, 3.8) is 0 Å². The molecule has 0 saturated carbocycles. The Bertz CT molecular complexity index is 549. The Balaban J connectivity index is 2.58. The Morgan fingerprint density at radius 1 is 1.22 bits per heavy atom. The summed E-state index contributed by atoms with van der Waals surface area (Å²) in [6, 6.07) is 3.85. The number of methoxy groups -OCH3 is 2. The van der Waals surface area contributed by atoms with Crippen LogP contribution in [0.15, 0.2) is 18.5 Å². The van der Waals surface area contributed by atoms with Crippen molar-refractivity contribution in [2.75, 3.05) is 14.2 Å². The Morgan fingerprint density at radius 3 is 2.50 bits per heavy atom. The number of nitrogens with two attached hydrogens (primary N) is 1. The van der Waals surface area contributed by atoms with Crippen LogP contribution >= 0.6 is 0 Å². The van der Waals surface area contributed by atoms with Gasteiger partial charge in [-0.3, -0.25) is 0 Å². The fourth-order valence-electron chi connectivity index (χ4n) is 1.94. The van der Waals surface area contributed by atoms with Crippen LogP contribution in [0.25, 0.3) is 11.3 Å². The molecule has 0 spiro atoms. The minimum atomic E-state index is 0.420. The standard InChI is InChI=1S/C13H17N3O2/c1-8-4-11(17-2)12(18-3)5-9(8)13-10(6-14)15-7-16-13/h4-5,7H,6,14H2,1-3H3,(H,15,16). The number of imidazole rings is 1. The van der Waals surface area contributed by atoms with Crippen molar-refractivity contribution in [3.8, 4) is 22.8 Å². The number of rotatable bonds is 4. The third-order valence-electron chi connectivity index (χ3n) is 2.91. The number of hydrogen-bond donors (Lipinski definition) is 2. The molecule has 2 rings (SSSR count). The normalized spacial score (nSPS) is 10.4. The summed E-state index contributed by atoms with van der Waals surface area (Å²) in [6.45, 7) is 2.43. The summed E-state index contributed by atoms with van der Waals surface area (Å²) in [5.41, 5.74) is 9.51. The highest BCUT2D eigenvalue weighted by Crippen LogP contribution is 2.35. The van der Waals surface area contributed by atoms with Gasteiger partial charge in [-0.15, -0.1) is 0 Å². The van der Waals surface area contributed by atoms with Gasteiger partial charge in [-0.2, -0.15) is 0 Å². The van der Waals surface area contributed by atoms with Crippen molar-refractivity contribution in [2.24, 2.45) is 5.73 Å². The molecule has 0 saturated heterocycles. The van der Waals surface area contributed by atoms with Crippen molar-refractivity contribution in [1.82, 2.24) is 9.97 Å². The first-order valence-electron chi connectivity index (χ1n) is 5.66. The molecule has 1 aromatic heterocycles. The summed E-state index contributed by atoms with van der Waals surface area (Å²) in [5, 5.41) is 0. The van der Waals surface area contributed by atoms with Gasteiger partial charge in [0.1, 0.15) is 0 Å². The maximum atomic E-state index is 5.68. The molecular weight excluding hydrogens is 230 g/mol. The molecule has 0 bridgehead atoms. The highest BCUT2D eigenvalue weighted by atomic mass is 16.5. The maximum Gasteiger partial charge on any atom is 0.161 e. The largest absolute Gasteiger partial charge is 0.493 e. The molecule has 1 aromatic carbocycles. The second kappa shape index (κ2) is 5.10. The van der Waals surface area contributed by atoms with Crippen LogP contribution in [-0.4, -0.2) is 24.2 Å². The molecule has 5 heteroatoms. The highest BCUT2D eigenvalue weighted by molar-refractivity contribution is 5.69. The zero-order chi connectivity index (χ0) is 13.1. The topological polar surface area (TPSA) is 73.2 Å². The molecule has 2 aromatic rings. The van der Waals surface area contributed by atoms with Crippen molar-refractivity contribution >= 4 is 0 Å². The van der Waals surface area contributed by atoms with E-state index in [4.69, 9.17) is 15.2 Å². The summed E-state index contributed by atoms with van der Waals surface area (Å²) in [7, 11) is 3.24. The fraction of sp³-hybridized carbons (Fsp3) is 0.308. The lowest BCUT2D eigenvalue weighted by atomic mass is 10.0. The summed E-state index contributed by atoms with van der Waals surface area (Å²) in [6.07, 6.45) is 1.65. The van der Waals surface area contributed by atoms with Gasteiger partial charge >= 0.3 is 0 Å². The number of aromatic nitrogens is 2. The second-order valence-electron chi connectivity index (χ2n) is 3.96. The molecular formula is C13H17N3O2. The molecule has 0 unspecified atom stereocenters. The minimum Gasteiger partial charge on any atom is -0.493 e. The van der Waals surface area contributed by atoms with E-state index in [9.17, 15) is 0 Å². The van der Waals surface area contributed by atoms with Gasteiger partial charge in [-0.1, -0.05) is 0 Å². The zero-order valence-electron chi connectivity index (χ0n) is 10.8. The van der Waals surface area contributed by atoms with Gasteiger partial charge in [-0.05, 0) is 24.6 Å². The smallest absolute Gasteiger partial charge is 0.161 e. The van der Waals surface area contributed by atoms with Gasteiger partial charge in [0.2, 0.25) is 0 Å². The van der Waals surface area contributed by atoms with Crippen LogP contribution < -0.4 is 15.2 Å². The minimum absolute atomic E-state index is 0.420. The van der Waals surface area contributed by atoms with E-state index in [2.05, 4.69) is 9.97 Å². The van der Waals surface area contributed by atoms with Gasteiger partial charge in [0.15, 0.2) is 11.5 Å². The lowest BCUT2D eigenvalue weighted by molar-refractivity contribution is 0.355. The second-order valence-corrected chi connectivity index (χ2v) is 3.96. The molecule has 0 fully saturated rings. The number of hydrogen-bond acceptors (Lipinski definition) is 4. The number of H-pyrrole nitrogens is 1. The number of ether oxygens (including phenoxy) is 2. The predicted molar refractivity (Wildman–Crippen MR) is 69.8 cm³/mol. The molecule has 0 aliphatic rings. The van der Waals surface area contributed by atoms with Crippen molar-refractivity contribution in [1.29, 1.82) is 0 Å². The van der Waals surface area contributed by atoms with Crippen molar-refractivity contribution in [2.45, 2.75) is 13.5 Å². The Kier molecular flexibility index (Phi) is 3.53. The first kappa shape index (κ1) is 12.4. The van der Waals surface area contributed by atoms with Crippen LogP contribution in [0.1, 0.15) is 11.3 Å². The number of aryl methyl sites for hydroxylation is 1. The van der Waals surface area contributed by atoms with Crippen LogP contribution in [0, 0.1) is 6.92 Å². The summed E-state index contributed by atoms with van der Waals surface area (Å²) >= 11 is 0. The Labute approximate surface area is 106 Å². The lowest BCUT2D eigenvalue weighted by Crippen LogP contribution is -2.00. The predicted octanol–water partition coefficient (Wildman–Crippen LogP) is 1.86. The zero-order valence-corrected chi connectivity index (χ0v) is 10.8. The van der Waals surface area contributed by atoms with Crippen LogP contribution in [0.3, 0.4) is 0 Å². The summed E-state index contributed by atoms with van der Waals surface area (Å²) in [4.78, 5) is 7.36. The van der Waals surface area contributed by atoms with E-state index in [1.807, 2.05) is 19.1 Å². The number of benzene rings is 1. The number of nitrogens with zero attached hydrogens (tertiary/aromatic N) is 1. The third kappa shape index (κ3) is 2.04. The average molecular weight is 247 g/mol. The van der Waals surface area contributed by atoms with E-state index in [1.165, 1.54) is 0 Å². The van der Waals surface area contributed by atoms with Crippen LogP contribution in [-0.2, 0) is 6.54 Å². The van der Waals surface area contributed by atoms with E-state index in [1.54, 1.807) is 20.5 Å².